The van der Waals surface area contributed by atoms with E-state index in [1.165, 1.54) is 21.6 Å². The smallest absolute Gasteiger partial charge is 0.243 e. The molecule has 16 heavy (non-hydrogen) atoms. The number of nitrogens with one attached hydrogen (secondary N) is 2. The molecule has 0 heterocycles. The molecule has 0 rings (SSSR count). The summed E-state index contributed by atoms with van der Waals surface area (Å²) in [6.45, 7) is 7.22. The molecule has 2 amide bonds. The molecule has 0 aliphatic heterocycles. The van der Waals surface area contributed by atoms with Gasteiger partial charge in [-0.1, -0.05) is 34.7 Å². The Morgan fingerprint density at radius 1 is 1.06 bits per heavy atom. The van der Waals surface area contributed by atoms with Gasteiger partial charge in [0.05, 0.1) is 0 Å². The lowest BCUT2D eigenvalue weighted by atomic mass is 10.6. The predicted octanol–water partition coefficient (Wildman–Crippen LogP) is 0.972. The van der Waals surface area contributed by atoms with Crippen molar-refractivity contribution in [3.63, 3.8) is 0 Å². The molecule has 2 N–H and O–H groups in total. The maximum atomic E-state index is 11.0. The predicted molar refractivity (Wildman–Crippen MR) is 71.3 cm³/mol. The number of amides is 2. The maximum absolute atomic E-state index is 11.0. The highest BCUT2D eigenvalue weighted by atomic mass is 33.1. The second-order valence-electron chi connectivity index (χ2n) is 2.49. The molecule has 0 bridgehead atoms. The van der Waals surface area contributed by atoms with Crippen LogP contribution in [0.5, 0.6) is 0 Å². The summed E-state index contributed by atoms with van der Waals surface area (Å²) in [7, 11) is 2.98. The van der Waals surface area contributed by atoms with Crippen molar-refractivity contribution >= 4 is 33.4 Å². The Hall–Kier alpha value is -0.880. The average molecular weight is 262 g/mol. The zero-order valence-electron chi connectivity index (χ0n) is 10.9. The third-order valence-electron chi connectivity index (χ3n) is 1.32. The summed E-state index contributed by atoms with van der Waals surface area (Å²) in [6, 6.07) is 0. The first kappa shape index (κ1) is 11.6. The highest BCUT2D eigenvalue weighted by molar-refractivity contribution is 8.76. The minimum Gasteiger partial charge on any atom is -0.352 e. The van der Waals surface area contributed by atoms with Crippen molar-refractivity contribution in [1.29, 1.82) is 0 Å². The quantitative estimate of drug-likeness (QED) is 0.369. The number of carbonyl (C=O) groups excluding carboxylic acids is 2. The van der Waals surface area contributed by atoms with Crippen LogP contribution in [0.1, 0.15) is 0 Å². The monoisotopic (exact) mass is 262 g/mol. The standard InChI is InChI=1S/C10H16N2O2S2/c1-3-9(13)11-5-7-15-16-8-6-12-10(14)4-2/h3-4H,1-2,5-8H2,(H,11,13)(H,12,14)/i/hD2. The van der Waals surface area contributed by atoms with E-state index in [1.54, 1.807) is 0 Å². The van der Waals surface area contributed by atoms with Crippen LogP contribution in [0.3, 0.4) is 0 Å². The van der Waals surface area contributed by atoms with Crippen molar-refractivity contribution in [2.24, 2.45) is 0 Å². The van der Waals surface area contributed by atoms with Crippen LogP contribution >= 0.6 is 21.6 Å². The van der Waals surface area contributed by atoms with Gasteiger partial charge in [0.2, 0.25) is 11.8 Å². The van der Waals surface area contributed by atoms with Crippen LogP contribution in [0.2, 0.25) is 2.82 Å². The molecule has 90 valence electrons. The van der Waals surface area contributed by atoms with Gasteiger partial charge >= 0.3 is 0 Å². The van der Waals surface area contributed by atoms with Gasteiger partial charge in [-0.3, -0.25) is 9.59 Å². The lowest BCUT2D eigenvalue weighted by Gasteiger charge is -2.03. The number of hydrogen-bond acceptors (Lipinski definition) is 4. The number of rotatable bonds is 9. The fourth-order valence-corrected chi connectivity index (χ4v) is 2.35. The van der Waals surface area contributed by atoms with Gasteiger partial charge in [-0.2, -0.15) is 0 Å². The Bertz CT molecular complexity index is 286. The molecule has 0 aromatic carbocycles. The minimum absolute atomic E-state index is 0.318. The third-order valence-corrected chi connectivity index (χ3v) is 3.68. The van der Waals surface area contributed by atoms with Gasteiger partial charge < -0.3 is 10.6 Å². The van der Waals surface area contributed by atoms with E-state index < -0.39 is 11.8 Å². The summed E-state index contributed by atoms with van der Waals surface area (Å²) < 4.78 is 14.6. The van der Waals surface area contributed by atoms with E-state index in [1.807, 2.05) is 0 Å². The Labute approximate surface area is 107 Å². The summed E-state index contributed by atoms with van der Waals surface area (Å²) in [5.74, 6) is 0.381. The van der Waals surface area contributed by atoms with Crippen molar-refractivity contribution < 1.29 is 12.4 Å². The molecule has 6 heteroatoms. The van der Waals surface area contributed by atoms with Crippen LogP contribution in [-0.4, -0.2) is 36.4 Å². The number of carbonyl (C=O) groups is 2. The molecular formula is C10H16N2O2S2. The molecule has 0 unspecified atom stereocenters. The SMILES string of the molecule is [2H]N(CCSSCCN([2H])C(=O)C=C)C(=O)C=C. The molecule has 0 saturated heterocycles. The zero-order chi connectivity index (χ0) is 14.0. The van der Waals surface area contributed by atoms with E-state index in [2.05, 4.69) is 13.2 Å². The first-order chi connectivity index (χ1) is 8.52. The molecule has 0 aliphatic carbocycles. The van der Waals surface area contributed by atoms with Crippen LogP contribution < -0.4 is 10.6 Å². The Kier molecular flexibility index (Phi) is 7.71. The van der Waals surface area contributed by atoms with Gasteiger partial charge in [0.1, 0.15) is 0 Å². The Morgan fingerprint density at radius 3 is 1.75 bits per heavy atom. The fraction of sp³-hybridized carbons (Fsp3) is 0.400. The minimum atomic E-state index is -0.422. The normalized spacial score (nSPS) is 11.0. The lowest BCUT2D eigenvalue weighted by molar-refractivity contribution is -0.117. The molecule has 0 aromatic heterocycles. The van der Waals surface area contributed by atoms with Crippen molar-refractivity contribution in [3.05, 3.63) is 25.3 Å². The van der Waals surface area contributed by atoms with Crippen molar-refractivity contribution in [2.75, 3.05) is 24.6 Å². The third kappa shape index (κ3) is 9.67. The van der Waals surface area contributed by atoms with E-state index in [0.29, 0.717) is 24.6 Å². The van der Waals surface area contributed by atoms with Gasteiger partial charge in [-0.15, -0.1) is 0 Å². The van der Waals surface area contributed by atoms with Crippen LogP contribution in [0.25, 0.3) is 0 Å². The highest BCUT2D eigenvalue weighted by Gasteiger charge is 1.95. The fourth-order valence-electron chi connectivity index (χ4n) is 0.633. The zero-order valence-corrected chi connectivity index (χ0v) is 10.6. The lowest BCUT2D eigenvalue weighted by Crippen LogP contribution is -2.23. The molecule has 0 fully saturated rings. The van der Waals surface area contributed by atoms with E-state index in [-0.39, 0.29) is 0 Å². The molecule has 0 saturated carbocycles. The van der Waals surface area contributed by atoms with E-state index in [9.17, 15) is 9.59 Å². The molecule has 0 aliphatic rings. The van der Waals surface area contributed by atoms with Gasteiger partial charge in [0.25, 0.3) is 0 Å². The van der Waals surface area contributed by atoms with Crippen LogP contribution in [0.15, 0.2) is 25.3 Å². The van der Waals surface area contributed by atoms with Gasteiger partial charge in [0, 0.05) is 24.6 Å². The van der Waals surface area contributed by atoms with Gasteiger partial charge in [-0.25, -0.2) is 0 Å². The van der Waals surface area contributed by atoms with Crippen LogP contribution in [0, 0.1) is 0 Å². The Morgan fingerprint density at radius 2 is 1.44 bits per heavy atom. The van der Waals surface area contributed by atoms with Crippen molar-refractivity contribution in [2.45, 2.75) is 0 Å². The Balaban J connectivity index is 3.52. The summed E-state index contributed by atoms with van der Waals surface area (Å²) in [6.07, 6.45) is 2.20. The van der Waals surface area contributed by atoms with E-state index in [4.69, 9.17) is 2.82 Å². The molecular weight excluding hydrogens is 244 g/mol. The highest BCUT2D eigenvalue weighted by Crippen LogP contribution is 2.19. The first-order valence-electron chi connectivity index (χ1n) is 5.52. The summed E-state index contributed by atoms with van der Waals surface area (Å²) >= 11 is 0. The van der Waals surface area contributed by atoms with Gasteiger partial charge in [0.15, 0.2) is 2.82 Å². The summed E-state index contributed by atoms with van der Waals surface area (Å²) in [5.41, 5.74) is 0. The topological polar surface area (TPSA) is 58.2 Å². The number of hydrogen-bond donors (Lipinski definition) is 2. The molecule has 0 radical (unpaired) electrons. The molecule has 0 atom stereocenters. The average Bonchev–Trinajstić information content (AvgIpc) is 2.39. The summed E-state index contributed by atoms with van der Waals surface area (Å²) in [4.78, 5) is 21.9. The van der Waals surface area contributed by atoms with E-state index in [0.717, 1.165) is 22.8 Å². The van der Waals surface area contributed by atoms with Crippen molar-refractivity contribution in [3.8, 4) is 0 Å². The second kappa shape index (κ2) is 10.6. The molecule has 4 nitrogen and oxygen atoms in total. The summed E-state index contributed by atoms with van der Waals surface area (Å²) in [5, 5.41) is 1.69. The van der Waals surface area contributed by atoms with E-state index >= 15 is 0 Å². The largest absolute Gasteiger partial charge is 0.352 e. The van der Waals surface area contributed by atoms with Crippen LogP contribution in [-0.2, 0) is 9.59 Å². The molecule has 0 spiro atoms. The van der Waals surface area contributed by atoms with Crippen molar-refractivity contribution in [1.82, 2.24) is 10.6 Å². The van der Waals surface area contributed by atoms with Gasteiger partial charge in [-0.05, 0) is 12.2 Å². The maximum Gasteiger partial charge on any atom is 0.243 e. The van der Waals surface area contributed by atoms with Crippen LogP contribution in [0.4, 0.5) is 0 Å². The second-order valence-corrected chi connectivity index (χ2v) is 5.19. The first-order valence-corrected chi connectivity index (χ1v) is 7.11. The molecule has 0 aromatic rings.